The highest BCUT2D eigenvalue weighted by atomic mass is 19.1. The molecule has 6 heteroatoms. The van der Waals surface area contributed by atoms with E-state index in [-0.39, 0.29) is 11.4 Å². The summed E-state index contributed by atoms with van der Waals surface area (Å²) in [4.78, 5) is 7.76. The summed E-state index contributed by atoms with van der Waals surface area (Å²) in [6, 6.07) is 6.17. The van der Waals surface area contributed by atoms with Crippen molar-refractivity contribution in [3.63, 3.8) is 0 Å². The van der Waals surface area contributed by atoms with Gasteiger partial charge >= 0.3 is 0 Å². The van der Waals surface area contributed by atoms with Gasteiger partial charge in [-0.05, 0) is 12.1 Å². The maximum Gasteiger partial charge on any atom is 0.158 e. The Morgan fingerprint density at radius 2 is 2.17 bits per heavy atom. The number of nitrogens with one attached hydrogen (secondary N) is 1. The Bertz CT molecular complexity index is 592. The van der Waals surface area contributed by atoms with Crippen molar-refractivity contribution < 1.29 is 9.13 Å². The van der Waals surface area contributed by atoms with Crippen molar-refractivity contribution in [3.05, 3.63) is 42.1 Å². The van der Waals surface area contributed by atoms with E-state index in [0.717, 1.165) is 0 Å². The summed E-state index contributed by atoms with van der Waals surface area (Å²) < 4.78 is 18.5. The molecule has 0 atom stereocenters. The molecule has 1 aromatic carbocycles. The second-order valence-corrected chi connectivity index (χ2v) is 3.37. The molecule has 0 aliphatic heterocycles. The van der Waals surface area contributed by atoms with Gasteiger partial charge in [-0.1, -0.05) is 0 Å². The predicted octanol–water partition coefficient (Wildman–Crippen LogP) is 2.24. The van der Waals surface area contributed by atoms with Crippen molar-refractivity contribution in [2.45, 2.75) is 0 Å². The van der Waals surface area contributed by atoms with Crippen LogP contribution in [0.15, 0.2) is 30.6 Å². The molecule has 0 spiro atoms. The van der Waals surface area contributed by atoms with Gasteiger partial charge in [-0.3, -0.25) is 0 Å². The molecule has 0 aliphatic rings. The van der Waals surface area contributed by atoms with Crippen LogP contribution >= 0.6 is 0 Å². The highest BCUT2D eigenvalue weighted by Gasteiger charge is 2.05. The van der Waals surface area contributed by atoms with Crippen molar-refractivity contribution in [2.24, 2.45) is 0 Å². The van der Waals surface area contributed by atoms with Crippen LogP contribution in [-0.4, -0.2) is 17.1 Å². The first-order chi connectivity index (χ1) is 8.72. The lowest BCUT2D eigenvalue weighted by Crippen LogP contribution is -1.98. The molecule has 0 bridgehead atoms. The Morgan fingerprint density at radius 1 is 1.33 bits per heavy atom. The number of ether oxygens (including phenoxy) is 1. The Kier molecular flexibility index (Phi) is 3.34. The third-order valence-electron chi connectivity index (χ3n) is 2.20. The number of anilines is 2. The minimum atomic E-state index is -0.429. The Morgan fingerprint density at radius 3 is 2.78 bits per heavy atom. The molecule has 0 unspecified atom stereocenters. The second-order valence-electron chi connectivity index (χ2n) is 3.37. The molecular formula is C12H9FN4O. The fraction of sp³-hybridized carbons (Fsp3) is 0.0833. The van der Waals surface area contributed by atoms with Crippen LogP contribution in [0.4, 0.5) is 15.9 Å². The van der Waals surface area contributed by atoms with Crippen LogP contribution in [0, 0.1) is 17.1 Å². The van der Waals surface area contributed by atoms with E-state index in [1.54, 1.807) is 0 Å². The van der Waals surface area contributed by atoms with E-state index in [4.69, 9.17) is 10.00 Å². The van der Waals surface area contributed by atoms with E-state index < -0.39 is 5.82 Å². The molecule has 1 heterocycles. The first kappa shape index (κ1) is 11.8. The van der Waals surface area contributed by atoms with Crippen LogP contribution in [0.2, 0.25) is 0 Å². The third kappa shape index (κ3) is 2.52. The minimum absolute atomic E-state index is 0.201. The molecule has 0 fully saturated rings. The van der Waals surface area contributed by atoms with Crippen molar-refractivity contribution in [1.29, 1.82) is 5.26 Å². The number of rotatable bonds is 3. The third-order valence-corrected chi connectivity index (χ3v) is 2.20. The van der Waals surface area contributed by atoms with E-state index in [1.165, 1.54) is 37.7 Å². The molecular weight excluding hydrogens is 235 g/mol. The average Bonchev–Trinajstić information content (AvgIpc) is 2.42. The zero-order valence-corrected chi connectivity index (χ0v) is 9.51. The molecule has 0 radical (unpaired) electrons. The van der Waals surface area contributed by atoms with E-state index >= 15 is 0 Å². The molecule has 1 N–H and O–H groups in total. The Hall–Kier alpha value is -2.68. The number of benzene rings is 1. The lowest BCUT2D eigenvalue weighted by molar-refractivity contribution is 0.414. The standard InChI is InChI=1S/C12H9FN4O/c1-18-9-2-3-10(13)11(4-9)17-12-7-15-8(5-14)6-16-12/h2-4,6-7H,1H3,(H,16,17). The summed E-state index contributed by atoms with van der Waals surface area (Å²) >= 11 is 0. The summed E-state index contributed by atoms with van der Waals surface area (Å²) in [6.45, 7) is 0. The van der Waals surface area contributed by atoms with Gasteiger partial charge in [-0.2, -0.15) is 5.26 Å². The zero-order chi connectivity index (χ0) is 13.0. The van der Waals surface area contributed by atoms with Gasteiger partial charge in [0.25, 0.3) is 0 Å². The number of hydrogen-bond acceptors (Lipinski definition) is 5. The van der Waals surface area contributed by atoms with E-state index in [0.29, 0.717) is 11.6 Å². The van der Waals surface area contributed by atoms with E-state index in [9.17, 15) is 4.39 Å². The topological polar surface area (TPSA) is 70.8 Å². The highest BCUT2D eigenvalue weighted by Crippen LogP contribution is 2.23. The van der Waals surface area contributed by atoms with Gasteiger partial charge in [0.05, 0.1) is 25.2 Å². The van der Waals surface area contributed by atoms with Crippen molar-refractivity contribution in [2.75, 3.05) is 12.4 Å². The summed E-state index contributed by atoms with van der Waals surface area (Å²) in [5.41, 5.74) is 0.431. The van der Waals surface area contributed by atoms with Crippen LogP contribution in [-0.2, 0) is 0 Å². The monoisotopic (exact) mass is 244 g/mol. The number of nitriles is 1. The first-order valence-corrected chi connectivity index (χ1v) is 5.05. The SMILES string of the molecule is COc1ccc(F)c(Nc2cnc(C#N)cn2)c1. The van der Waals surface area contributed by atoms with Gasteiger partial charge in [-0.25, -0.2) is 14.4 Å². The summed E-state index contributed by atoms with van der Waals surface area (Å²) in [7, 11) is 1.50. The number of nitrogens with zero attached hydrogens (tertiary/aromatic N) is 3. The zero-order valence-electron chi connectivity index (χ0n) is 9.51. The Balaban J connectivity index is 2.25. The van der Waals surface area contributed by atoms with E-state index in [2.05, 4.69) is 15.3 Å². The molecule has 1 aromatic heterocycles. The molecule has 2 aromatic rings. The molecule has 0 aliphatic carbocycles. The van der Waals surface area contributed by atoms with Crippen LogP contribution in [0.25, 0.3) is 0 Å². The average molecular weight is 244 g/mol. The van der Waals surface area contributed by atoms with Gasteiger partial charge in [-0.15, -0.1) is 0 Å². The van der Waals surface area contributed by atoms with Crippen molar-refractivity contribution >= 4 is 11.5 Å². The number of hydrogen-bond donors (Lipinski definition) is 1. The molecule has 0 saturated heterocycles. The van der Waals surface area contributed by atoms with Crippen molar-refractivity contribution in [3.8, 4) is 11.8 Å². The smallest absolute Gasteiger partial charge is 0.158 e. The minimum Gasteiger partial charge on any atom is -0.497 e. The van der Waals surface area contributed by atoms with Crippen LogP contribution in [0.5, 0.6) is 5.75 Å². The summed E-state index contributed by atoms with van der Waals surface area (Å²) in [6.07, 6.45) is 2.66. The molecule has 5 nitrogen and oxygen atoms in total. The maximum absolute atomic E-state index is 13.5. The molecule has 90 valence electrons. The van der Waals surface area contributed by atoms with E-state index in [1.807, 2.05) is 6.07 Å². The maximum atomic E-state index is 13.5. The lowest BCUT2D eigenvalue weighted by Gasteiger charge is -2.08. The number of halogens is 1. The Labute approximate surface area is 103 Å². The summed E-state index contributed by atoms with van der Waals surface area (Å²) in [5, 5.41) is 11.3. The van der Waals surface area contributed by atoms with Gasteiger partial charge in [0.1, 0.15) is 23.5 Å². The van der Waals surface area contributed by atoms with Gasteiger partial charge in [0.2, 0.25) is 0 Å². The molecule has 18 heavy (non-hydrogen) atoms. The van der Waals surface area contributed by atoms with Crippen LogP contribution < -0.4 is 10.1 Å². The highest BCUT2D eigenvalue weighted by molar-refractivity contribution is 5.58. The molecule has 0 saturated carbocycles. The first-order valence-electron chi connectivity index (χ1n) is 5.05. The predicted molar refractivity (Wildman–Crippen MR) is 63.0 cm³/mol. The van der Waals surface area contributed by atoms with Crippen LogP contribution in [0.1, 0.15) is 5.69 Å². The second kappa shape index (κ2) is 5.10. The van der Waals surface area contributed by atoms with Crippen molar-refractivity contribution in [1.82, 2.24) is 9.97 Å². The molecule has 0 amide bonds. The quantitative estimate of drug-likeness (QED) is 0.896. The van der Waals surface area contributed by atoms with Gasteiger partial charge in [0, 0.05) is 6.07 Å². The fourth-order valence-electron chi connectivity index (χ4n) is 1.32. The largest absolute Gasteiger partial charge is 0.497 e. The molecule has 2 rings (SSSR count). The number of aromatic nitrogens is 2. The van der Waals surface area contributed by atoms with Crippen LogP contribution in [0.3, 0.4) is 0 Å². The fourth-order valence-corrected chi connectivity index (χ4v) is 1.32. The lowest BCUT2D eigenvalue weighted by atomic mass is 10.3. The summed E-state index contributed by atoms with van der Waals surface area (Å²) in [5.74, 6) is 0.448. The normalized spacial score (nSPS) is 9.61. The van der Waals surface area contributed by atoms with Gasteiger partial charge < -0.3 is 10.1 Å². The van der Waals surface area contributed by atoms with Gasteiger partial charge in [0.15, 0.2) is 5.69 Å². The number of methoxy groups -OCH3 is 1.